The molecule has 0 aliphatic carbocycles. The number of rotatable bonds is 6. The minimum Gasteiger partial charge on any atom is -0.497 e. The first-order chi connectivity index (χ1) is 13.8. The molecular formula is C23H28ClNO4. The highest BCUT2D eigenvalue weighted by atomic mass is 35.5. The van der Waals surface area contributed by atoms with Crippen LogP contribution < -0.4 is 9.47 Å². The number of likely N-dealkylation sites (tertiary alicyclic amines) is 1. The van der Waals surface area contributed by atoms with Gasteiger partial charge in [0.25, 0.3) is 0 Å². The van der Waals surface area contributed by atoms with Gasteiger partial charge in [-0.1, -0.05) is 23.7 Å². The Balaban J connectivity index is 1.61. The van der Waals surface area contributed by atoms with Crippen molar-refractivity contribution in [1.29, 1.82) is 0 Å². The molecule has 156 valence electrons. The largest absolute Gasteiger partial charge is 0.497 e. The molecule has 1 heterocycles. The molecule has 1 aliphatic rings. The summed E-state index contributed by atoms with van der Waals surface area (Å²) in [5.74, 6) is 1.40. The smallest absolute Gasteiger partial charge is 0.227 e. The van der Waals surface area contributed by atoms with Crippen LogP contribution >= 0.6 is 11.6 Å². The Morgan fingerprint density at radius 3 is 2.62 bits per heavy atom. The SMILES string of the molecule is COc1cccc(CC(=O)N2CCCC(O)(COc3cc(C)c(Cl)c(C)c3)C2)c1. The number of halogens is 1. The van der Waals surface area contributed by atoms with Gasteiger partial charge in [-0.3, -0.25) is 4.79 Å². The monoisotopic (exact) mass is 417 g/mol. The molecule has 0 aromatic heterocycles. The molecule has 29 heavy (non-hydrogen) atoms. The Hall–Kier alpha value is -2.24. The second-order valence-electron chi connectivity index (χ2n) is 7.83. The molecule has 2 aromatic rings. The van der Waals surface area contributed by atoms with Crippen LogP contribution in [0.5, 0.6) is 11.5 Å². The molecule has 3 rings (SSSR count). The molecule has 2 aromatic carbocycles. The number of methoxy groups -OCH3 is 1. The lowest BCUT2D eigenvalue weighted by molar-refractivity contribution is -0.139. The van der Waals surface area contributed by atoms with Crippen molar-refractivity contribution in [3.05, 3.63) is 58.1 Å². The normalized spacial score (nSPS) is 19.1. The number of hydrogen-bond donors (Lipinski definition) is 1. The minimum atomic E-state index is -1.07. The van der Waals surface area contributed by atoms with E-state index in [0.717, 1.165) is 33.9 Å². The summed E-state index contributed by atoms with van der Waals surface area (Å²) in [5.41, 5.74) is 1.70. The molecule has 1 atom stereocenters. The van der Waals surface area contributed by atoms with Gasteiger partial charge in [0.1, 0.15) is 23.7 Å². The van der Waals surface area contributed by atoms with E-state index in [1.54, 1.807) is 12.0 Å². The van der Waals surface area contributed by atoms with Crippen molar-refractivity contribution in [2.24, 2.45) is 0 Å². The van der Waals surface area contributed by atoms with E-state index in [1.165, 1.54) is 0 Å². The molecule has 5 nitrogen and oxygen atoms in total. The van der Waals surface area contributed by atoms with Gasteiger partial charge in [-0.05, 0) is 67.6 Å². The van der Waals surface area contributed by atoms with Gasteiger partial charge < -0.3 is 19.5 Å². The molecule has 6 heteroatoms. The Kier molecular flexibility index (Phi) is 6.70. The van der Waals surface area contributed by atoms with Crippen LogP contribution in [0.25, 0.3) is 0 Å². The molecule has 1 N–H and O–H groups in total. The van der Waals surface area contributed by atoms with E-state index in [-0.39, 0.29) is 25.5 Å². The molecule has 0 spiro atoms. The Morgan fingerprint density at radius 1 is 1.21 bits per heavy atom. The lowest BCUT2D eigenvalue weighted by Gasteiger charge is -2.39. The first-order valence-electron chi connectivity index (χ1n) is 9.82. The molecule has 1 unspecified atom stereocenters. The predicted octanol–water partition coefficient (Wildman–Crippen LogP) is 3.94. The zero-order chi connectivity index (χ0) is 21.0. The van der Waals surface area contributed by atoms with E-state index in [4.69, 9.17) is 21.1 Å². The summed E-state index contributed by atoms with van der Waals surface area (Å²) in [6.45, 7) is 4.90. The molecule has 0 radical (unpaired) electrons. The topological polar surface area (TPSA) is 59.0 Å². The third-order valence-electron chi connectivity index (χ3n) is 5.32. The first-order valence-corrected chi connectivity index (χ1v) is 10.2. The fraction of sp³-hybridized carbons (Fsp3) is 0.435. The van der Waals surface area contributed by atoms with Crippen LogP contribution in [0.4, 0.5) is 0 Å². The highest BCUT2D eigenvalue weighted by Crippen LogP contribution is 2.28. The van der Waals surface area contributed by atoms with Crippen LogP contribution in [-0.2, 0) is 11.2 Å². The van der Waals surface area contributed by atoms with Crippen molar-refractivity contribution < 1.29 is 19.4 Å². The fourth-order valence-corrected chi connectivity index (χ4v) is 3.83. The Labute approximate surface area is 177 Å². The number of ether oxygens (including phenoxy) is 2. The quantitative estimate of drug-likeness (QED) is 0.773. The summed E-state index contributed by atoms with van der Waals surface area (Å²) in [5, 5.41) is 11.8. The zero-order valence-corrected chi connectivity index (χ0v) is 18.0. The maximum atomic E-state index is 12.8. The maximum absolute atomic E-state index is 12.8. The number of nitrogens with zero attached hydrogens (tertiary/aromatic N) is 1. The summed E-state index contributed by atoms with van der Waals surface area (Å²) in [4.78, 5) is 14.5. The zero-order valence-electron chi connectivity index (χ0n) is 17.2. The van der Waals surface area contributed by atoms with Gasteiger partial charge in [-0.25, -0.2) is 0 Å². The van der Waals surface area contributed by atoms with Crippen molar-refractivity contribution in [3.63, 3.8) is 0 Å². The van der Waals surface area contributed by atoms with Crippen LogP contribution in [0.15, 0.2) is 36.4 Å². The van der Waals surface area contributed by atoms with E-state index in [2.05, 4.69) is 0 Å². The van der Waals surface area contributed by atoms with Crippen LogP contribution in [0, 0.1) is 13.8 Å². The van der Waals surface area contributed by atoms with Gasteiger partial charge in [-0.15, -0.1) is 0 Å². The van der Waals surface area contributed by atoms with Gasteiger partial charge >= 0.3 is 0 Å². The van der Waals surface area contributed by atoms with E-state index in [1.807, 2.05) is 50.2 Å². The summed E-state index contributed by atoms with van der Waals surface area (Å²) >= 11 is 6.21. The van der Waals surface area contributed by atoms with E-state index in [0.29, 0.717) is 18.7 Å². The van der Waals surface area contributed by atoms with Crippen LogP contribution in [-0.4, -0.2) is 48.3 Å². The molecule has 0 bridgehead atoms. The van der Waals surface area contributed by atoms with Crippen molar-refractivity contribution in [3.8, 4) is 11.5 Å². The van der Waals surface area contributed by atoms with E-state index in [9.17, 15) is 9.90 Å². The molecule has 1 saturated heterocycles. The third-order valence-corrected chi connectivity index (χ3v) is 5.91. The molecule has 0 saturated carbocycles. The molecule has 1 aliphatic heterocycles. The van der Waals surface area contributed by atoms with Gasteiger partial charge in [0, 0.05) is 11.6 Å². The van der Waals surface area contributed by atoms with Crippen molar-refractivity contribution in [2.45, 2.75) is 38.7 Å². The molecule has 1 fully saturated rings. The number of benzene rings is 2. The van der Waals surface area contributed by atoms with Gasteiger partial charge in [0.2, 0.25) is 5.91 Å². The van der Waals surface area contributed by atoms with E-state index < -0.39 is 5.60 Å². The summed E-state index contributed by atoms with van der Waals surface area (Å²) in [7, 11) is 1.61. The van der Waals surface area contributed by atoms with Gasteiger partial charge in [-0.2, -0.15) is 0 Å². The summed E-state index contributed by atoms with van der Waals surface area (Å²) < 4.78 is 11.1. The van der Waals surface area contributed by atoms with E-state index >= 15 is 0 Å². The first kappa shape index (κ1) is 21.5. The third kappa shape index (κ3) is 5.43. The number of carbonyl (C=O) groups excluding carboxylic acids is 1. The lowest BCUT2D eigenvalue weighted by Crippen LogP contribution is -2.53. The number of carbonyl (C=O) groups is 1. The molecule has 1 amide bonds. The number of aryl methyl sites for hydroxylation is 2. The standard InChI is InChI=1S/C23H28ClNO4/c1-16-10-20(11-17(2)22(16)24)29-15-23(27)8-5-9-25(14-23)21(26)13-18-6-4-7-19(12-18)28-3/h4,6-7,10-12,27H,5,8-9,13-15H2,1-3H3. The minimum absolute atomic E-state index is 0.00504. The van der Waals surface area contributed by atoms with Gasteiger partial charge in [0.05, 0.1) is 20.1 Å². The lowest BCUT2D eigenvalue weighted by atomic mass is 9.93. The predicted molar refractivity (Wildman–Crippen MR) is 114 cm³/mol. The Bertz CT molecular complexity index is 862. The average molecular weight is 418 g/mol. The van der Waals surface area contributed by atoms with Crippen LogP contribution in [0.1, 0.15) is 29.5 Å². The van der Waals surface area contributed by atoms with Crippen LogP contribution in [0.3, 0.4) is 0 Å². The Morgan fingerprint density at radius 2 is 1.93 bits per heavy atom. The number of hydrogen-bond acceptors (Lipinski definition) is 4. The van der Waals surface area contributed by atoms with Crippen molar-refractivity contribution in [2.75, 3.05) is 26.8 Å². The van der Waals surface area contributed by atoms with Gasteiger partial charge in [0.15, 0.2) is 0 Å². The van der Waals surface area contributed by atoms with Crippen LogP contribution in [0.2, 0.25) is 5.02 Å². The molecular weight excluding hydrogens is 390 g/mol. The number of amides is 1. The van der Waals surface area contributed by atoms with Crippen molar-refractivity contribution in [1.82, 2.24) is 4.90 Å². The fourth-order valence-electron chi connectivity index (χ4n) is 3.72. The number of piperidine rings is 1. The highest BCUT2D eigenvalue weighted by molar-refractivity contribution is 6.32. The number of β-amino-alcohol motifs (C(OH)–C–C–N with tert-alkyl or cyclic N) is 1. The summed E-state index contributed by atoms with van der Waals surface area (Å²) in [6, 6.07) is 11.2. The number of aliphatic hydroxyl groups is 1. The average Bonchev–Trinajstić information content (AvgIpc) is 2.70. The second kappa shape index (κ2) is 9.06. The highest BCUT2D eigenvalue weighted by Gasteiger charge is 2.36. The van der Waals surface area contributed by atoms with Crippen molar-refractivity contribution >= 4 is 17.5 Å². The second-order valence-corrected chi connectivity index (χ2v) is 8.21. The summed E-state index contributed by atoms with van der Waals surface area (Å²) in [6.07, 6.45) is 1.62. The maximum Gasteiger partial charge on any atom is 0.227 e.